The van der Waals surface area contributed by atoms with Crippen molar-refractivity contribution in [3.63, 3.8) is 0 Å². The second kappa shape index (κ2) is 5.21. The number of halogens is 1. The topological polar surface area (TPSA) is 111 Å². The van der Waals surface area contributed by atoms with Crippen molar-refractivity contribution in [2.45, 2.75) is 6.54 Å². The highest BCUT2D eigenvalue weighted by atomic mass is 19.1. The number of carbonyl (C=O) groups excluding carboxylic acids is 1. The lowest BCUT2D eigenvalue weighted by atomic mass is 10.2. The zero-order valence-corrected chi connectivity index (χ0v) is 9.37. The van der Waals surface area contributed by atoms with Gasteiger partial charge in [0.2, 0.25) is 12.2 Å². The summed E-state index contributed by atoms with van der Waals surface area (Å²) in [6.45, 7) is 0.00788. The van der Waals surface area contributed by atoms with Crippen LogP contribution in [0.25, 0.3) is 0 Å². The van der Waals surface area contributed by atoms with Crippen LogP contribution in [-0.2, 0) is 6.54 Å². The number of hydrogen-bond acceptors (Lipinski definition) is 6. The molecule has 1 N–H and O–H groups in total. The van der Waals surface area contributed by atoms with Crippen LogP contribution in [0.4, 0.5) is 10.1 Å². The number of benzene rings is 1. The molecule has 0 radical (unpaired) electrons. The average Bonchev–Trinajstić information content (AvgIpc) is 2.88. The fourth-order valence-electron chi connectivity index (χ4n) is 1.33. The van der Waals surface area contributed by atoms with Crippen LogP contribution in [0.3, 0.4) is 0 Å². The Balaban J connectivity index is 2.07. The zero-order valence-electron chi connectivity index (χ0n) is 9.37. The van der Waals surface area contributed by atoms with Crippen LogP contribution in [0.1, 0.15) is 16.2 Å². The van der Waals surface area contributed by atoms with Crippen molar-refractivity contribution in [1.29, 1.82) is 0 Å². The van der Waals surface area contributed by atoms with Gasteiger partial charge in [-0.3, -0.25) is 14.9 Å². The molecule has 0 aliphatic rings. The van der Waals surface area contributed by atoms with E-state index in [9.17, 15) is 19.3 Å². The molecule has 0 atom stereocenters. The van der Waals surface area contributed by atoms with Gasteiger partial charge in [0.05, 0.1) is 11.5 Å². The molecule has 1 aromatic heterocycles. The van der Waals surface area contributed by atoms with Crippen LogP contribution in [0, 0.1) is 15.9 Å². The van der Waals surface area contributed by atoms with Gasteiger partial charge in [0, 0.05) is 11.6 Å². The third kappa shape index (κ3) is 2.89. The summed E-state index contributed by atoms with van der Waals surface area (Å²) in [7, 11) is 0. The lowest BCUT2D eigenvalue weighted by Gasteiger charge is -2.02. The van der Waals surface area contributed by atoms with Gasteiger partial charge in [-0.2, -0.15) is 9.37 Å². The molecular formula is C10H7FN4O4. The van der Waals surface area contributed by atoms with Crippen LogP contribution in [0.15, 0.2) is 29.1 Å². The second-order valence-corrected chi connectivity index (χ2v) is 3.45. The first-order chi connectivity index (χ1) is 9.08. The average molecular weight is 266 g/mol. The highest BCUT2D eigenvalue weighted by Gasteiger charge is 2.16. The van der Waals surface area contributed by atoms with Gasteiger partial charge in [0.25, 0.3) is 5.91 Å². The minimum absolute atomic E-state index is 0.00788. The summed E-state index contributed by atoms with van der Waals surface area (Å²) < 4.78 is 17.8. The SMILES string of the molecule is O=C(NCc1ncon1)c1ccc([N+](=O)[O-])c(F)c1. The van der Waals surface area contributed by atoms with Crippen LogP contribution in [-0.4, -0.2) is 21.0 Å². The molecule has 0 saturated carbocycles. The van der Waals surface area contributed by atoms with E-state index in [1.807, 2.05) is 0 Å². The van der Waals surface area contributed by atoms with Gasteiger partial charge >= 0.3 is 5.69 Å². The van der Waals surface area contributed by atoms with E-state index < -0.39 is 22.3 Å². The van der Waals surface area contributed by atoms with Crippen molar-refractivity contribution in [3.05, 3.63) is 51.9 Å². The summed E-state index contributed by atoms with van der Waals surface area (Å²) in [6, 6.07) is 2.88. The molecule has 1 heterocycles. The van der Waals surface area contributed by atoms with E-state index in [2.05, 4.69) is 20.0 Å². The molecule has 0 bridgehead atoms. The summed E-state index contributed by atoms with van der Waals surface area (Å²) in [6.07, 6.45) is 1.10. The highest BCUT2D eigenvalue weighted by Crippen LogP contribution is 2.17. The number of nitrogens with zero attached hydrogens (tertiary/aromatic N) is 3. The Morgan fingerprint density at radius 1 is 1.53 bits per heavy atom. The van der Waals surface area contributed by atoms with E-state index in [-0.39, 0.29) is 17.9 Å². The van der Waals surface area contributed by atoms with E-state index in [0.717, 1.165) is 24.6 Å². The minimum Gasteiger partial charge on any atom is -0.345 e. The Kier molecular flexibility index (Phi) is 3.46. The van der Waals surface area contributed by atoms with E-state index in [1.165, 1.54) is 0 Å². The Morgan fingerprint density at radius 3 is 2.89 bits per heavy atom. The van der Waals surface area contributed by atoms with Gasteiger partial charge in [0.1, 0.15) is 0 Å². The molecule has 98 valence electrons. The Morgan fingerprint density at radius 2 is 2.32 bits per heavy atom. The molecule has 0 spiro atoms. The third-order valence-electron chi connectivity index (χ3n) is 2.22. The van der Waals surface area contributed by atoms with Gasteiger partial charge in [-0.05, 0) is 12.1 Å². The van der Waals surface area contributed by atoms with Crippen LogP contribution in [0.2, 0.25) is 0 Å². The number of aromatic nitrogens is 2. The van der Waals surface area contributed by atoms with E-state index in [1.54, 1.807) is 0 Å². The van der Waals surface area contributed by atoms with Crippen molar-refractivity contribution < 1.29 is 18.6 Å². The fourth-order valence-corrected chi connectivity index (χ4v) is 1.33. The quantitative estimate of drug-likeness (QED) is 0.653. The van der Waals surface area contributed by atoms with E-state index in [4.69, 9.17) is 0 Å². The monoisotopic (exact) mass is 266 g/mol. The Bertz CT molecular complexity index is 614. The predicted octanol–water partition coefficient (Wildman–Crippen LogP) is 1.05. The predicted molar refractivity (Wildman–Crippen MR) is 58.5 cm³/mol. The first-order valence-electron chi connectivity index (χ1n) is 5.05. The molecule has 0 aliphatic heterocycles. The maximum Gasteiger partial charge on any atom is 0.304 e. The molecule has 8 nitrogen and oxygen atoms in total. The number of nitro benzene ring substituents is 1. The summed E-state index contributed by atoms with van der Waals surface area (Å²) in [4.78, 5) is 24.9. The summed E-state index contributed by atoms with van der Waals surface area (Å²) >= 11 is 0. The van der Waals surface area contributed by atoms with Crippen molar-refractivity contribution in [2.24, 2.45) is 0 Å². The Labute approximate surface area is 105 Å². The maximum atomic E-state index is 13.3. The van der Waals surface area contributed by atoms with Crippen LogP contribution >= 0.6 is 0 Å². The standard InChI is InChI=1S/C10H7FN4O4/c11-7-3-6(1-2-8(7)15(17)18)10(16)12-4-9-13-5-19-14-9/h1-3,5H,4H2,(H,12,16). The third-order valence-corrected chi connectivity index (χ3v) is 2.22. The summed E-state index contributed by atoms with van der Waals surface area (Å²) in [5.41, 5.74) is -0.721. The largest absolute Gasteiger partial charge is 0.345 e. The number of rotatable bonds is 4. The minimum atomic E-state index is -1.07. The van der Waals surface area contributed by atoms with Crippen molar-refractivity contribution in [3.8, 4) is 0 Å². The number of nitro groups is 1. The van der Waals surface area contributed by atoms with Crippen LogP contribution < -0.4 is 5.32 Å². The first kappa shape index (κ1) is 12.6. The number of carbonyl (C=O) groups is 1. The molecular weight excluding hydrogens is 259 g/mol. The van der Waals surface area contributed by atoms with Gasteiger partial charge in [-0.25, -0.2) is 0 Å². The smallest absolute Gasteiger partial charge is 0.304 e. The summed E-state index contributed by atoms with van der Waals surface area (Å²) in [5, 5.41) is 16.3. The molecule has 1 aromatic carbocycles. The Hall–Kier alpha value is -2.84. The number of nitrogens with one attached hydrogen (secondary N) is 1. The van der Waals surface area contributed by atoms with Crippen molar-refractivity contribution >= 4 is 11.6 Å². The molecule has 0 saturated heterocycles. The van der Waals surface area contributed by atoms with Gasteiger partial charge < -0.3 is 9.84 Å². The zero-order chi connectivity index (χ0) is 13.8. The highest BCUT2D eigenvalue weighted by molar-refractivity contribution is 5.94. The fraction of sp³-hybridized carbons (Fsp3) is 0.100. The van der Waals surface area contributed by atoms with Gasteiger partial charge in [0.15, 0.2) is 5.82 Å². The molecule has 9 heteroatoms. The van der Waals surface area contributed by atoms with Crippen LogP contribution in [0.5, 0.6) is 0 Å². The molecule has 19 heavy (non-hydrogen) atoms. The number of hydrogen-bond donors (Lipinski definition) is 1. The van der Waals surface area contributed by atoms with Gasteiger partial charge in [-0.15, -0.1) is 0 Å². The molecule has 0 unspecified atom stereocenters. The maximum absolute atomic E-state index is 13.3. The normalized spacial score (nSPS) is 10.2. The van der Waals surface area contributed by atoms with Gasteiger partial charge in [-0.1, -0.05) is 5.16 Å². The van der Waals surface area contributed by atoms with E-state index >= 15 is 0 Å². The van der Waals surface area contributed by atoms with Crippen molar-refractivity contribution in [1.82, 2.24) is 15.5 Å². The lowest BCUT2D eigenvalue weighted by Crippen LogP contribution is -2.23. The molecule has 2 rings (SSSR count). The summed E-state index contributed by atoms with van der Waals surface area (Å²) in [5.74, 6) is -1.41. The second-order valence-electron chi connectivity index (χ2n) is 3.45. The molecule has 1 amide bonds. The lowest BCUT2D eigenvalue weighted by molar-refractivity contribution is -0.387. The molecule has 0 fully saturated rings. The molecule has 0 aliphatic carbocycles. The van der Waals surface area contributed by atoms with Crippen molar-refractivity contribution in [2.75, 3.05) is 0 Å². The molecule has 2 aromatic rings. The number of amides is 1. The first-order valence-corrected chi connectivity index (χ1v) is 5.05. The van der Waals surface area contributed by atoms with E-state index in [0.29, 0.717) is 0 Å².